The molecule has 0 aliphatic carbocycles. The number of anilines is 3. The molecule has 0 bridgehead atoms. The van der Waals surface area contributed by atoms with Crippen molar-refractivity contribution in [3.63, 3.8) is 0 Å². The van der Waals surface area contributed by atoms with Crippen molar-refractivity contribution in [2.24, 2.45) is 0 Å². The van der Waals surface area contributed by atoms with Crippen molar-refractivity contribution in [2.75, 3.05) is 4.90 Å². The van der Waals surface area contributed by atoms with E-state index in [1.165, 1.54) is 0 Å². The van der Waals surface area contributed by atoms with Gasteiger partial charge in [-0.3, -0.25) is 0 Å². The van der Waals surface area contributed by atoms with Crippen LogP contribution in [-0.4, -0.2) is 0 Å². The fourth-order valence-electron chi connectivity index (χ4n) is 5.05. The van der Waals surface area contributed by atoms with E-state index in [0.717, 1.165) is 44.1 Å². The minimum Gasteiger partial charge on any atom is -0.311 e. The number of hydrogen-bond donors (Lipinski definition) is 0. The maximum atomic E-state index is 14.6. The molecule has 0 fully saturated rings. The zero-order valence-corrected chi connectivity index (χ0v) is 23.5. The van der Waals surface area contributed by atoms with E-state index in [0.29, 0.717) is 0 Å². The Morgan fingerprint density at radius 2 is 0.683 bits per heavy atom. The molecular formula is C38H30NOP. The van der Waals surface area contributed by atoms with Crippen LogP contribution in [0.15, 0.2) is 170 Å². The molecule has 0 atom stereocenters. The van der Waals surface area contributed by atoms with E-state index in [2.05, 4.69) is 89.8 Å². The van der Waals surface area contributed by atoms with Crippen molar-refractivity contribution in [3.05, 3.63) is 181 Å². The summed E-state index contributed by atoms with van der Waals surface area (Å²) in [5.41, 5.74) is 5.50. The van der Waals surface area contributed by atoms with Crippen molar-refractivity contribution in [3.8, 4) is 0 Å². The molecule has 0 saturated heterocycles. The second-order valence-electron chi connectivity index (χ2n) is 9.80. The van der Waals surface area contributed by atoms with Gasteiger partial charge in [0.2, 0.25) is 0 Å². The maximum absolute atomic E-state index is 14.6. The van der Waals surface area contributed by atoms with Crippen LogP contribution in [0.1, 0.15) is 11.1 Å². The molecule has 0 heterocycles. The standard InChI is InChI=1S/C38H30NOP/c40-41(36-17-9-3-10-18-36,37-19-11-4-12-20-37)38-29-25-32(26-30-38)22-21-31-23-27-35(28-24-31)39(33-13-5-1-6-14-33)34-15-7-2-8-16-34/h1-30H. The first-order valence-corrected chi connectivity index (χ1v) is 15.4. The second kappa shape index (κ2) is 12.1. The number of benzene rings is 6. The molecule has 0 spiro atoms. The van der Waals surface area contributed by atoms with Gasteiger partial charge in [0.15, 0.2) is 7.14 Å². The summed E-state index contributed by atoms with van der Waals surface area (Å²) >= 11 is 0. The van der Waals surface area contributed by atoms with Gasteiger partial charge in [-0.15, -0.1) is 0 Å². The SMILES string of the molecule is O=P(c1ccccc1)(c1ccccc1)c1ccc(C=Cc2ccc(N(c3ccccc3)c3ccccc3)cc2)cc1. The Labute approximate surface area is 242 Å². The Kier molecular flexibility index (Phi) is 7.76. The largest absolute Gasteiger partial charge is 0.311 e. The van der Waals surface area contributed by atoms with Crippen LogP contribution in [0.5, 0.6) is 0 Å². The molecule has 0 aromatic heterocycles. The van der Waals surface area contributed by atoms with Crippen LogP contribution in [-0.2, 0) is 4.57 Å². The van der Waals surface area contributed by atoms with Gasteiger partial charge in [0.25, 0.3) is 0 Å². The molecule has 0 unspecified atom stereocenters. The highest BCUT2D eigenvalue weighted by atomic mass is 31.2. The lowest BCUT2D eigenvalue weighted by Gasteiger charge is -2.25. The molecule has 6 aromatic rings. The molecule has 198 valence electrons. The van der Waals surface area contributed by atoms with Crippen molar-refractivity contribution < 1.29 is 4.57 Å². The highest BCUT2D eigenvalue weighted by molar-refractivity contribution is 7.85. The summed E-state index contributed by atoms with van der Waals surface area (Å²) in [6.07, 6.45) is 4.21. The van der Waals surface area contributed by atoms with Gasteiger partial charge in [-0.25, -0.2) is 0 Å². The Bertz CT molecular complexity index is 1680. The van der Waals surface area contributed by atoms with E-state index in [1.54, 1.807) is 0 Å². The fourth-order valence-corrected chi connectivity index (χ4v) is 7.69. The van der Waals surface area contributed by atoms with Crippen LogP contribution in [0.25, 0.3) is 12.2 Å². The first kappa shape index (κ1) is 26.3. The van der Waals surface area contributed by atoms with Gasteiger partial charge in [0.1, 0.15) is 0 Å². The molecule has 3 heteroatoms. The van der Waals surface area contributed by atoms with Crippen molar-refractivity contribution in [1.29, 1.82) is 0 Å². The van der Waals surface area contributed by atoms with E-state index in [4.69, 9.17) is 0 Å². The molecule has 6 rings (SSSR count). The first-order chi connectivity index (χ1) is 20.2. The fraction of sp³-hybridized carbons (Fsp3) is 0. The molecular weight excluding hydrogens is 517 g/mol. The Hall–Kier alpha value is -4.91. The minimum atomic E-state index is -2.97. The maximum Gasteiger partial charge on any atom is 0.171 e. The van der Waals surface area contributed by atoms with E-state index in [-0.39, 0.29) is 0 Å². The average molecular weight is 548 g/mol. The molecule has 0 saturated carbocycles. The Morgan fingerprint density at radius 1 is 0.366 bits per heavy atom. The van der Waals surface area contributed by atoms with E-state index in [1.807, 2.05) is 97.1 Å². The summed E-state index contributed by atoms with van der Waals surface area (Å²) in [6.45, 7) is 0. The summed E-state index contributed by atoms with van der Waals surface area (Å²) in [5.74, 6) is 0. The first-order valence-electron chi connectivity index (χ1n) is 13.7. The highest BCUT2D eigenvalue weighted by Crippen LogP contribution is 2.42. The Morgan fingerprint density at radius 3 is 1.10 bits per heavy atom. The van der Waals surface area contributed by atoms with Crippen molar-refractivity contribution in [2.45, 2.75) is 0 Å². The van der Waals surface area contributed by atoms with Gasteiger partial charge >= 0.3 is 0 Å². The molecule has 41 heavy (non-hydrogen) atoms. The molecule has 0 radical (unpaired) electrons. The lowest BCUT2D eigenvalue weighted by Crippen LogP contribution is -2.24. The average Bonchev–Trinajstić information content (AvgIpc) is 3.06. The van der Waals surface area contributed by atoms with E-state index >= 15 is 0 Å². The lowest BCUT2D eigenvalue weighted by molar-refractivity contribution is 0.592. The van der Waals surface area contributed by atoms with Crippen LogP contribution in [0, 0.1) is 0 Å². The number of para-hydroxylation sites is 2. The van der Waals surface area contributed by atoms with Crippen LogP contribution >= 0.6 is 7.14 Å². The third kappa shape index (κ3) is 5.70. The van der Waals surface area contributed by atoms with Gasteiger partial charge in [0.05, 0.1) is 0 Å². The van der Waals surface area contributed by atoms with Gasteiger partial charge in [-0.05, 0) is 47.5 Å². The van der Waals surface area contributed by atoms with Crippen LogP contribution in [0.4, 0.5) is 17.1 Å². The molecule has 0 aliphatic rings. The van der Waals surface area contributed by atoms with Crippen molar-refractivity contribution in [1.82, 2.24) is 0 Å². The summed E-state index contributed by atoms with van der Waals surface area (Å²) in [5, 5.41) is 2.52. The van der Waals surface area contributed by atoms with Gasteiger partial charge < -0.3 is 9.46 Å². The van der Waals surface area contributed by atoms with Gasteiger partial charge in [0, 0.05) is 33.0 Å². The van der Waals surface area contributed by atoms with Crippen LogP contribution in [0.3, 0.4) is 0 Å². The summed E-state index contributed by atoms with van der Waals surface area (Å²) in [6, 6.07) is 57.1. The highest BCUT2D eigenvalue weighted by Gasteiger charge is 2.29. The van der Waals surface area contributed by atoms with Crippen LogP contribution in [0.2, 0.25) is 0 Å². The second-order valence-corrected chi connectivity index (χ2v) is 12.6. The third-order valence-corrected chi connectivity index (χ3v) is 10.2. The predicted molar refractivity (Wildman–Crippen MR) is 176 cm³/mol. The molecule has 0 aliphatic heterocycles. The summed E-state index contributed by atoms with van der Waals surface area (Å²) in [4.78, 5) is 2.25. The van der Waals surface area contributed by atoms with E-state index < -0.39 is 7.14 Å². The minimum absolute atomic E-state index is 0.832. The topological polar surface area (TPSA) is 20.3 Å². The smallest absolute Gasteiger partial charge is 0.171 e. The molecule has 0 N–H and O–H groups in total. The normalized spacial score (nSPS) is 11.4. The zero-order valence-electron chi connectivity index (χ0n) is 22.6. The van der Waals surface area contributed by atoms with Gasteiger partial charge in [-0.1, -0.05) is 146 Å². The predicted octanol–water partition coefficient (Wildman–Crippen LogP) is 8.97. The summed E-state index contributed by atoms with van der Waals surface area (Å²) in [7, 11) is -2.97. The Balaban J connectivity index is 1.25. The third-order valence-electron chi connectivity index (χ3n) is 7.14. The zero-order chi connectivity index (χ0) is 27.9. The van der Waals surface area contributed by atoms with Gasteiger partial charge in [-0.2, -0.15) is 0 Å². The molecule has 2 nitrogen and oxygen atoms in total. The lowest BCUT2D eigenvalue weighted by atomic mass is 10.1. The number of rotatable bonds is 8. The van der Waals surface area contributed by atoms with E-state index in [9.17, 15) is 4.57 Å². The molecule has 0 amide bonds. The van der Waals surface area contributed by atoms with Crippen LogP contribution < -0.4 is 20.8 Å². The quantitative estimate of drug-likeness (QED) is 0.140. The number of hydrogen-bond acceptors (Lipinski definition) is 2. The monoisotopic (exact) mass is 547 g/mol. The van der Waals surface area contributed by atoms with Crippen molar-refractivity contribution >= 4 is 52.3 Å². The molecule has 6 aromatic carbocycles. The number of nitrogens with zero attached hydrogens (tertiary/aromatic N) is 1. The summed E-state index contributed by atoms with van der Waals surface area (Å²) < 4.78 is 14.6.